The Kier molecular flexibility index (Phi) is 3.61. The number of anilines is 2. The maximum Gasteiger partial charge on any atom is 0.284 e. The van der Waals surface area contributed by atoms with E-state index in [1.165, 1.54) is 23.1 Å². The molecule has 118 valence electrons. The zero-order valence-corrected chi connectivity index (χ0v) is 12.5. The van der Waals surface area contributed by atoms with Crippen LogP contribution in [0.2, 0.25) is 0 Å². The van der Waals surface area contributed by atoms with Gasteiger partial charge in [0.2, 0.25) is 0 Å². The minimum atomic E-state index is -0.603. The predicted octanol–water partition coefficient (Wildman–Crippen LogP) is 2.39. The largest absolute Gasteiger partial charge is 0.493 e. The molecule has 2 aromatic rings. The van der Waals surface area contributed by atoms with Crippen LogP contribution in [0.5, 0.6) is 5.75 Å². The fourth-order valence-electron chi connectivity index (χ4n) is 2.61. The van der Waals surface area contributed by atoms with Gasteiger partial charge in [0, 0.05) is 25.2 Å². The lowest BCUT2D eigenvalue weighted by Gasteiger charge is -2.19. The van der Waals surface area contributed by atoms with Crippen LogP contribution < -0.4 is 15.4 Å². The highest BCUT2D eigenvalue weighted by molar-refractivity contribution is 6.11. The van der Waals surface area contributed by atoms with Crippen molar-refractivity contribution in [2.45, 2.75) is 6.42 Å². The van der Waals surface area contributed by atoms with Gasteiger partial charge in [-0.3, -0.25) is 14.9 Å². The number of nitro benzene ring substituents is 1. The van der Waals surface area contributed by atoms with Crippen LogP contribution in [-0.4, -0.2) is 24.5 Å². The molecule has 0 saturated heterocycles. The summed E-state index contributed by atoms with van der Waals surface area (Å²) < 4.78 is 5.44. The van der Waals surface area contributed by atoms with E-state index >= 15 is 0 Å². The topological polar surface area (TPSA) is 98.7 Å². The fraction of sp³-hybridized carbons (Fsp3) is 0.188. The first kappa shape index (κ1) is 14.8. The second-order valence-electron chi connectivity index (χ2n) is 5.25. The van der Waals surface area contributed by atoms with Gasteiger partial charge in [0.05, 0.1) is 17.2 Å². The lowest BCUT2D eigenvalue weighted by atomic mass is 10.1. The number of hydrogen-bond donors (Lipinski definition) is 1. The number of rotatable bonds is 3. The lowest BCUT2D eigenvalue weighted by Crippen LogP contribution is -2.28. The summed E-state index contributed by atoms with van der Waals surface area (Å²) in [4.78, 5) is 24.6. The Morgan fingerprint density at radius 2 is 2.13 bits per heavy atom. The number of carbonyl (C=O) groups is 1. The van der Waals surface area contributed by atoms with Crippen LogP contribution in [0.3, 0.4) is 0 Å². The lowest BCUT2D eigenvalue weighted by molar-refractivity contribution is -0.385. The molecule has 2 aromatic carbocycles. The van der Waals surface area contributed by atoms with Crippen molar-refractivity contribution in [1.29, 1.82) is 0 Å². The molecular weight excluding hydrogens is 298 g/mol. The van der Waals surface area contributed by atoms with Crippen LogP contribution in [0.4, 0.5) is 17.1 Å². The Morgan fingerprint density at radius 3 is 2.87 bits per heavy atom. The normalized spacial score (nSPS) is 12.4. The van der Waals surface area contributed by atoms with E-state index in [4.69, 9.17) is 10.5 Å². The number of nitro groups is 1. The molecule has 0 radical (unpaired) electrons. The van der Waals surface area contributed by atoms with E-state index in [0.717, 1.165) is 17.7 Å². The van der Waals surface area contributed by atoms with E-state index in [1.54, 1.807) is 19.2 Å². The molecule has 0 fully saturated rings. The highest BCUT2D eigenvalue weighted by atomic mass is 16.6. The molecule has 23 heavy (non-hydrogen) atoms. The molecule has 0 unspecified atom stereocenters. The molecule has 7 nitrogen and oxygen atoms in total. The SMILES string of the molecule is CN(C(=O)c1c(N)cccc1[N+](=O)[O-])c1ccc2c(c1)CCO2. The Balaban J connectivity index is 1.99. The Morgan fingerprint density at radius 1 is 1.35 bits per heavy atom. The van der Waals surface area contributed by atoms with Gasteiger partial charge >= 0.3 is 0 Å². The number of ether oxygens (including phenoxy) is 1. The van der Waals surface area contributed by atoms with Crippen LogP contribution in [0.15, 0.2) is 36.4 Å². The predicted molar refractivity (Wildman–Crippen MR) is 85.9 cm³/mol. The quantitative estimate of drug-likeness (QED) is 0.533. The Labute approximate surface area is 132 Å². The van der Waals surface area contributed by atoms with Crippen LogP contribution in [-0.2, 0) is 6.42 Å². The fourth-order valence-corrected chi connectivity index (χ4v) is 2.61. The molecule has 0 atom stereocenters. The third-order valence-electron chi connectivity index (χ3n) is 3.85. The smallest absolute Gasteiger partial charge is 0.284 e. The summed E-state index contributed by atoms with van der Waals surface area (Å²) in [7, 11) is 1.57. The summed E-state index contributed by atoms with van der Waals surface area (Å²) >= 11 is 0. The third-order valence-corrected chi connectivity index (χ3v) is 3.85. The van der Waals surface area contributed by atoms with Gasteiger partial charge in [-0.2, -0.15) is 0 Å². The number of benzene rings is 2. The molecule has 1 heterocycles. The summed E-state index contributed by atoms with van der Waals surface area (Å²) in [6.45, 7) is 0.619. The summed E-state index contributed by atoms with van der Waals surface area (Å²) in [6, 6.07) is 9.60. The van der Waals surface area contributed by atoms with Crippen molar-refractivity contribution in [1.82, 2.24) is 0 Å². The summed E-state index contributed by atoms with van der Waals surface area (Å²) in [5.41, 5.74) is 7.13. The molecular formula is C16H15N3O4. The van der Waals surface area contributed by atoms with Crippen molar-refractivity contribution in [3.05, 3.63) is 57.6 Å². The third kappa shape index (κ3) is 2.57. The average Bonchev–Trinajstić information content (AvgIpc) is 3.00. The molecule has 0 saturated carbocycles. The number of nitrogen functional groups attached to an aromatic ring is 1. The highest BCUT2D eigenvalue weighted by Gasteiger charge is 2.26. The first-order valence-electron chi connectivity index (χ1n) is 7.05. The van der Waals surface area contributed by atoms with Gasteiger partial charge in [-0.1, -0.05) is 6.07 Å². The van der Waals surface area contributed by atoms with Gasteiger partial charge in [-0.05, 0) is 29.8 Å². The minimum absolute atomic E-state index is 0.0838. The van der Waals surface area contributed by atoms with Gasteiger partial charge < -0.3 is 15.4 Å². The first-order chi connectivity index (χ1) is 11.0. The molecule has 0 aromatic heterocycles. The second-order valence-corrected chi connectivity index (χ2v) is 5.25. The number of amides is 1. The molecule has 2 N–H and O–H groups in total. The number of fused-ring (bicyclic) bond motifs is 1. The molecule has 1 aliphatic rings. The van der Waals surface area contributed by atoms with E-state index < -0.39 is 10.8 Å². The minimum Gasteiger partial charge on any atom is -0.493 e. The van der Waals surface area contributed by atoms with Gasteiger partial charge in [0.1, 0.15) is 11.3 Å². The van der Waals surface area contributed by atoms with Gasteiger partial charge in [0.15, 0.2) is 0 Å². The monoisotopic (exact) mass is 313 g/mol. The number of carbonyl (C=O) groups excluding carboxylic acids is 1. The van der Waals surface area contributed by atoms with Crippen molar-refractivity contribution >= 4 is 23.0 Å². The van der Waals surface area contributed by atoms with Crippen LogP contribution in [0.1, 0.15) is 15.9 Å². The molecule has 0 aliphatic carbocycles. The van der Waals surface area contributed by atoms with E-state index in [9.17, 15) is 14.9 Å². The Hall–Kier alpha value is -3.09. The maximum absolute atomic E-state index is 12.7. The van der Waals surface area contributed by atoms with Gasteiger partial charge in [-0.15, -0.1) is 0 Å². The van der Waals surface area contributed by atoms with E-state index in [2.05, 4.69) is 0 Å². The average molecular weight is 313 g/mol. The highest BCUT2D eigenvalue weighted by Crippen LogP contribution is 2.31. The summed E-state index contributed by atoms with van der Waals surface area (Å²) in [5, 5.41) is 11.2. The standard InChI is InChI=1S/C16H15N3O4/c1-18(11-5-6-14-10(9-11)7-8-23-14)16(20)15-12(17)3-2-4-13(15)19(21)22/h2-6,9H,7-8,17H2,1H3. The molecule has 1 amide bonds. The molecule has 0 spiro atoms. The maximum atomic E-state index is 12.7. The Bertz CT molecular complexity index is 804. The second kappa shape index (κ2) is 5.60. The van der Waals surface area contributed by atoms with Crippen molar-refractivity contribution in [3.8, 4) is 5.75 Å². The molecule has 3 rings (SSSR count). The van der Waals surface area contributed by atoms with Gasteiger partial charge in [-0.25, -0.2) is 0 Å². The molecule has 0 bridgehead atoms. The van der Waals surface area contributed by atoms with E-state index in [0.29, 0.717) is 12.3 Å². The first-order valence-corrected chi connectivity index (χ1v) is 7.05. The molecule has 7 heteroatoms. The van der Waals surface area contributed by atoms with Crippen molar-refractivity contribution in [2.75, 3.05) is 24.3 Å². The van der Waals surface area contributed by atoms with Crippen molar-refractivity contribution < 1.29 is 14.5 Å². The number of nitrogens with two attached hydrogens (primary N) is 1. The van der Waals surface area contributed by atoms with Crippen molar-refractivity contribution in [3.63, 3.8) is 0 Å². The van der Waals surface area contributed by atoms with Gasteiger partial charge in [0.25, 0.3) is 11.6 Å². The molecule has 1 aliphatic heterocycles. The van der Waals surface area contributed by atoms with E-state index in [1.807, 2.05) is 6.07 Å². The number of hydrogen-bond acceptors (Lipinski definition) is 5. The van der Waals surface area contributed by atoms with Crippen LogP contribution in [0, 0.1) is 10.1 Å². The summed E-state index contributed by atoms with van der Waals surface area (Å²) in [6.07, 6.45) is 0.777. The number of nitrogens with zero attached hydrogens (tertiary/aromatic N) is 2. The zero-order valence-electron chi connectivity index (χ0n) is 12.5. The van der Waals surface area contributed by atoms with Crippen LogP contribution >= 0.6 is 0 Å². The van der Waals surface area contributed by atoms with Crippen molar-refractivity contribution in [2.24, 2.45) is 0 Å². The summed E-state index contributed by atoms with van der Waals surface area (Å²) in [5.74, 6) is 0.286. The zero-order chi connectivity index (χ0) is 16.6. The van der Waals surface area contributed by atoms with E-state index in [-0.39, 0.29) is 16.9 Å². The van der Waals surface area contributed by atoms with Crippen LogP contribution in [0.25, 0.3) is 0 Å².